The number of rotatable bonds is 2. The fourth-order valence-corrected chi connectivity index (χ4v) is 2.09. The maximum atomic E-state index is 5.69. The summed E-state index contributed by atoms with van der Waals surface area (Å²) < 4.78 is 2.88. The molecule has 0 aliphatic rings. The molecular weight excluding hydrogens is 268 g/mol. The SMILES string of the molecule is Cc1nc(C)n(Cc2ccc(N)cc2Br)n1. The van der Waals surface area contributed by atoms with Gasteiger partial charge in [-0.25, -0.2) is 9.67 Å². The molecule has 0 amide bonds. The molecule has 2 aromatic rings. The van der Waals surface area contributed by atoms with Crippen molar-refractivity contribution in [1.29, 1.82) is 0 Å². The van der Waals surface area contributed by atoms with E-state index in [1.807, 2.05) is 36.7 Å². The van der Waals surface area contributed by atoms with Gasteiger partial charge in [-0.05, 0) is 31.5 Å². The van der Waals surface area contributed by atoms with Crippen molar-refractivity contribution in [1.82, 2.24) is 14.8 Å². The number of aryl methyl sites for hydroxylation is 2. The van der Waals surface area contributed by atoms with E-state index in [0.717, 1.165) is 27.4 Å². The lowest BCUT2D eigenvalue weighted by molar-refractivity contribution is 0.654. The van der Waals surface area contributed by atoms with E-state index in [4.69, 9.17) is 5.73 Å². The smallest absolute Gasteiger partial charge is 0.147 e. The van der Waals surface area contributed by atoms with Crippen LogP contribution >= 0.6 is 15.9 Å². The predicted molar refractivity (Wildman–Crippen MR) is 67.2 cm³/mol. The van der Waals surface area contributed by atoms with Gasteiger partial charge >= 0.3 is 0 Å². The molecular formula is C11H13BrN4. The molecule has 0 saturated carbocycles. The highest BCUT2D eigenvalue weighted by Crippen LogP contribution is 2.20. The van der Waals surface area contributed by atoms with Crippen molar-refractivity contribution >= 4 is 21.6 Å². The van der Waals surface area contributed by atoms with Gasteiger partial charge in [0.25, 0.3) is 0 Å². The van der Waals surface area contributed by atoms with Crippen molar-refractivity contribution in [2.45, 2.75) is 20.4 Å². The molecule has 2 N–H and O–H groups in total. The van der Waals surface area contributed by atoms with Crippen molar-refractivity contribution in [3.8, 4) is 0 Å². The molecule has 84 valence electrons. The van der Waals surface area contributed by atoms with Gasteiger partial charge in [0.1, 0.15) is 11.6 Å². The first-order valence-corrected chi connectivity index (χ1v) is 5.77. The van der Waals surface area contributed by atoms with Crippen LogP contribution in [0, 0.1) is 13.8 Å². The standard InChI is InChI=1S/C11H13BrN4/c1-7-14-8(2)16(15-7)6-9-3-4-10(13)5-11(9)12/h3-5H,6,13H2,1-2H3. The average molecular weight is 281 g/mol. The van der Waals surface area contributed by atoms with Crippen LogP contribution in [0.25, 0.3) is 0 Å². The molecule has 4 nitrogen and oxygen atoms in total. The van der Waals surface area contributed by atoms with Crippen LogP contribution in [0.1, 0.15) is 17.2 Å². The second-order valence-electron chi connectivity index (χ2n) is 3.71. The fourth-order valence-electron chi connectivity index (χ4n) is 1.56. The fraction of sp³-hybridized carbons (Fsp3) is 0.273. The summed E-state index contributed by atoms with van der Waals surface area (Å²) in [6, 6.07) is 5.78. The van der Waals surface area contributed by atoms with Crippen molar-refractivity contribution in [3.05, 3.63) is 39.9 Å². The number of nitrogens with two attached hydrogens (primary N) is 1. The van der Waals surface area contributed by atoms with Crippen molar-refractivity contribution < 1.29 is 0 Å². The normalized spacial score (nSPS) is 10.7. The zero-order valence-electron chi connectivity index (χ0n) is 9.24. The Kier molecular flexibility index (Phi) is 2.96. The second kappa shape index (κ2) is 4.25. The number of hydrogen-bond acceptors (Lipinski definition) is 3. The van der Waals surface area contributed by atoms with E-state index in [0.29, 0.717) is 6.54 Å². The second-order valence-corrected chi connectivity index (χ2v) is 4.57. The molecule has 1 heterocycles. The molecule has 1 aromatic heterocycles. The van der Waals surface area contributed by atoms with Gasteiger partial charge in [0.15, 0.2) is 0 Å². The highest BCUT2D eigenvalue weighted by Gasteiger charge is 2.06. The minimum absolute atomic E-state index is 0.702. The molecule has 0 spiro atoms. The first-order chi connectivity index (χ1) is 7.56. The van der Waals surface area contributed by atoms with Crippen LogP contribution in [0.2, 0.25) is 0 Å². The van der Waals surface area contributed by atoms with Gasteiger partial charge in [-0.3, -0.25) is 0 Å². The minimum atomic E-state index is 0.702. The Morgan fingerprint density at radius 3 is 2.69 bits per heavy atom. The third kappa shape index (κ3) is 2.24. The lowest BCUT2D eigenvalue weighted by Gasteiger charge is -2.06. The molecule has 0 radical (unpaired) electrons. The molecule has 0 aliphatic heterocycles. The van der Waals surface area contributed by atoms with Gasteiger partial charge in [0.2, 0.25) is 0 Å². The Balaban J connectivity index is 2.30. The third-order valence-electron chi connectivity index (χ3n) is 2.36. The van der Waals surface area contributed by atoms with Gasteiger partial charge < -0.3 is 5.73 Å². The lowest BCUT2D eigenvalue weighted by atomic mass is 10.2. The van der Waals surface area contributed by atoms with Crippen LogP contribution < -0.4 is 5.73 Å². The van der Waals surface area contributed by atoms with E-state index in [-0.39, 0.29) is 0 Å². The maximum Gasteiger partial charge on any atom is 0.147 e. The van der Waals surface area contributed by atoms with Gasteiger partial charge in [-0.1, -0.05) is 22.0 Å². The zero-order valence-corrected chi connectivity index (χ0v) is 10.8. The van der Waals surface area contributed by atoms with Crippen molar-refractivity contribution in [2.75, 3.05) is 5.73 Å². The molecule has 0 bridgehead atoms. The first-order valence-electron chi connectivity index (χ1n) is 4.98. The summed E-state index contributed by atoms with van der Waals surface area (Å²) in [6.07, 6.45) is 0. The molecule has 2 rings (SSSR count). The topological polar surface area (TPSA) is 56.7 Å². The van der Waals surface area contributed by atoms with Crippen LogP contribution in [0.5, 0.6) is 0 Å². The summed E-state index contributed by atoms with van der Waals surface area (Å²) >= 11 is 3.49. The summed E-state index contributed by atoms with van der Waals surface area (Å²) in [5.74, 6) is 1.71. The van der Waals surface area contributed by atoms with E-state index < -0.39 is 0 Å². The lowest BCUT2D eigenvalue weighted by Crippen LogP contribution is -2.05. The summed E-state index contributed by atoms with van der Waals surface area (Å²) in [7, 11) is 0. The number of hydrogen-bond donors (Lipinski definition) is 1. The van der Waals surface area contributed by atoms with E-state index in [2.05, 4.69) is 26.0 Å². The largest absolute Gasteiger partial charge is 0.399 e. The Bertz CT molecular complexity index is 519. The van der Waals surface area contributed by atoms with Gasteiger partial charge in [0.05, 0.1) is 6.54 Å². The number of anilines is 1. The molecule has 0 unspecified atom stereocenters. The van der Waals surface area contributed by atoms with E-state index >= 15 is 0 Å². The quantitative estimate of drug-likeness (QED) is 0.859. The zero-order chi connectivity index (χ0) is 11.7. The van der Waals surface area contributed by atoms with Gasteiger partial charge in [-0.2, -0.15) is 5.10 Å². The Morgan fingerprint density at radius 1 is 1.38 bits per heavy atom. The Hall–Kier alpha value is -1.36. The molecule has 0 aliphatic carbocycles. The van der Waals surface area contributed by atoms with E-state index in [1.54, 1.807) is 0 Å². The number of halogens is 1. The first kappa shape index (κ1) is 11.1. The van der Waals surface area contributed by atoms with Crippen molar-refractivity contribution in [2.24, 2.45) is 0 Å². The number of nitrogen functional groups attached to an aromatic ring is 1. The molecule has 0 fully saturated rings. The summed E-state index contributed by atoms with van der Waals surface area (Å²) in [5, 5.41) is 4.32. The highest BCUT2D eigenvalue weighted by atomic mass is 79.9. The molecule has 16 heavy (non-hydrogen) atoms. The minimum Gasteiger partial charge on any atom is -0.399 e. The summed E-state index contributed by atoms with van der Waals surface area (Å²) in [6.45, 7) is 4.54. The third-order valence-corrected chi connectivity index (χ3v) is 3.10. The van der Waals surface area contributed by atoms with Crippen LogP contribution in [-0.2, 0) is 6.54 Å². The van der Waals surface area contributed by atoms with Gasteiger partial charge in [-0.15, -0.1) is 0 Å². The molecule has 1 aromatic carbocycles. The Morgan fingerprint density at radius 2 is 2.12 bits per heavy atom. The van der Waals surface area contributed by atoms with E-state index in [1.165, 1.54) is 0 Å². The van der Waals surface area contributed by atoms with Crippen LogP contribution in [0.3, 0.4) is 0 Å². The predicted octanol–water partition coefficient (Wildman–Crippen LogP) is 2.29. The van der Waals surface area contributed by atoms with Crippen LogP contribution in [0.15, 0.2) is 22.7 Å². The molecule has 0 atom stereocenters. The van der Waals surface area contributed by atoms with E-state index in [9.17, 15) is 0 Å². The number of nitrogens with zero attached hydrogens (tertiary/aromatic N) is 3. The number of aromatic nitrogens is 3. The highest BCUT2D eigenvalue weighted by molar-refractivity contribution is 9.10. The van der Waals surface area contributed by atoms with Crippen LogP contribution in [0.4, 0.5) is 5.69 Å². The van der Waals surface area contributed by atoms with Crippen LogP contribution in [-0.4, -0.2) is 14.8 Å². The molecule has 0 saturated heterocycles. The summed E-state index contributed by atoms with van der Waals surface area (Å²) in [5.41, 5.74) is 7.58. The summed E-state index contributed by atoms with van der Waals surface area (Å²) in [4.78, 5) is 4.27. The van der Waals surface area contributed by atoms with Gasteiger partial charge in [0, 0.05) is 10.2 Å². The number of benzene rings is 1. The maximum absolute atomic E-state index is 5.69. The Labute approximate surface area is 103 Å². The monoisotopic (exact) mass is 280 g/mol. The molecule has 5 heteroatoms. The average Bonchev–Trinajstić information content (AvgIpc) is 2.50. The van der Waals surface area contributed by atoms with Crippen molar-refractivity contribution in [3.63, 3.8) is 0 Å².